The molecule has 0 unspecified atom stereocenters. The molecule has 0 aromatic rings. The van der Waals surface area contributed by atoms with Crippen LogP contribution in [0.2, 0.25) is 0 Å². The van der Waals surface area contributed by atoms with Crippen molar-refractivity contribution in [3.63, 3.8) is 0 Å². The first-order valence-electron chi connectivity index (χ1n) is 10.6. The lowest BCUT2D eigenvalue weighted by molar-refractivity contribution is -0.00438. The quantitative estimate of drug-likeness (QED) is 0.230. The van der Waals surface area contributed by atoms with Crippen molar-refractivity contribution in [1.29, 1.82) is 0 Å². The number of aliphatic hydroxyl groups is 2. The normalized spacial score (nSPS) is 10.8. The molecule has 0 spiro atoms. The Morgan fingerprint density at radius 3 is 1.03 bits per heavy atom. The average molecular weight is 429 g/mol. The van der Waals surface area contributed by atoms with E-state index >= 15 is 0 Å². The Hall–Kier alpha value is -0.360. The third kappa shape index (κ3) is 35.5. The summed E-state index contributed by atoms with van der Waals surface area (Å²) in [7, 11) is 0. The van der Waals surface area contributed by atoms with Gasteiger partial charge in [-0.05, 0) is 13.3 Å². The van der Waals surface area contributed by atoms with E-state index in [9.17, 15) is 0 Å². The van der Waals surface area contributed by atoms with Crippen LogP contribution < -0.4 is 0 Å². The van der Waals surface area contributed by atoms with Crippen molar-refractivity contribution in [2.45, 2.75) is 26.7 Å². The molecule has 0 bridgehead atoms. The molecule has 0 aliphatic rings. The summed E-state index contributed by atoms with van der Waals surface area (Å²) in [4.78, 5) is 0. The van der Waals surface area contributed by atoms with Gasteiger partial charge in [0.25, 0.3) is 0 Å². The van der Waals surface area contributed by atoms with Gasteiger partial charge in [0, 0.05) is 13.2 Å². The van der Waals surface area contributed by atoms with Gasteiger partial charge in [0.05, 0.1) is 92.5 Å². The second-order valence-corrected chi connectivity index (χ2v) is 5.67. The van der Waals surface area contributed by atoms with Gasteiger partial charge in [0.15, 0.2) is 0 Å². The summed E-state index contributed by atoms with van der Waals surface area (Å²) in [5, 5.41) is 16.8. The highest BCUT2D eigenvalue weighted by Crippen LogP contribution is 1.88. The first-order valence-corrected chi connectivity index (χ1v) is 10.6. The topological polar surface area (TPSA) is 105 Å². The van der Waals surface area contributed by atoms with Gasteiger partial charge >= 0.3 is 0 Å². The Morgan fingerprint density at radius 2 is 0.724 bits per heavy atom. The number of rotatable bonds is 23. The molecule has 0 aliphatic carbocycles. The van der Waals surface area contributed by atoms with E-state index in [0.29, 0.717) is 79.3 Å². The molecule has 178 valence electrons. The maximum atomic E-state index is 8.41. The third-order valence-corrected chi connectivity index (χ3v) is 3.18. The van der Waals surface area contributed by atoms with Crippen LogP contribution >= 0.6 is 0 Å². The highest BCUT2D eigenvalue weighted by atomic mass is 16.6. The van der Waals surface area contributed by atoms with Crippen LogP contribution in [-0.2, 0) is 33.2 Å². The van der Waals surface area contributed by atoms with Crippen molar-refractivity contribution in [3.05, 3.63) is 0 Å². The molecule has 0 fully saturated rings. The third-order valence-electron chi connectivity index (χ3n) is 3.18. The van der Waals surface area contributed by atoms with Crippen LogP contribution in [0, 0.1) is 0 Å². The highest BCUT2D eigenvalue weighted by Gasteiger charge is 1.92. The lowest BCUT2D eigenvalue weighted by Gasteiger charge is -2.06. The van der Waals surface area contributed by atoms with Crippen LogP contribution in [-0.4, -0.2) is 116 Å². The number of hydrogen-bond acceptors (Lipinski definition) is 9. The Morgan fingerprint density at radius 1 is 0.414 bits per heavy atom. The molecule has 0 saturated carbocycles. The van der Waals surface area contributed by atoms with Crippen molar-refractivity contribution in [1.82, 2.24) is 0 Å². The summed E-state index contributed by atoms with van der Waals surface area (Å²) in [5.41, 5.74) is 0. The standard InChI is InChI=1S/C10H22O5.C10H22O4/c1-2-12-5-6-14-9-10-15-8-7-13-4-3-11;1-2-3-5-12-7-9-14-10-8-13-6-4-11/h11H,2-10H2,1H3;11H,2-10H2,1H3. The molecule has 0 radical (unpaired) electrons. The van der Waals surface area contributed by atoms with Gasteiger partial charge < -0.3 is 43.4 Å². The number of unbranched alkanes of at least 4 members (excludes halogenated alkanes) is 1. The van der Waals surface area contributed by atoms with E-state index in [2.05, 4.69) is 6.92 Å². The van der Waals surface area contributed by atoms with E-state index < -0.39 is 0 Å². The number of hydrogen-bond donors (Lipinski definition) is 2. The molecule has 29 heavy (non-hydrogen) atoms. The lowest BCUT2D eigenvalue weighted by Crippen LogP contribution is -2.12. The van der Waals surface area contributed by atoms with Crippen LogP contribution in [0.3, 0.4) is 0 Å². The van der Waals surface area contributed by atoms with Crippen LogP contribution in [0.25, 0.3) is 0 Å². The minimum Gasteiger partial charge on any atom is -0.394 e. The van der Waals surface area contributed by atoms with E-state index in [1.54, 1.807) is 0 Å². The Labute approximate surface area is 176 Å². The molecule has 0 heterocycles. The predicted octanol–water partition coefficient (Wildman–Crippen LogP) is 0.894. The van der Waals surface area contributed by atoms with Crippen LogP contribution in [0.4, 0.5) is 0 Å². The zero-order chi connectivity index (χ0) is 21.7. The van der Waals surface area contributed by atoms with Gasteiger partial charge in [-0.3, -0.25) is 0 Å². The zero-order valence-corrected chi connectivity index (χ0v) is 18.5. The number of aliphatic hydroxyl groups excluding tert-OH is 2. The van der Waals surface area contributed by atoms with Crippen molar-refractivity contribution in [2.75, 3.05) is 106 Å². The zero-order valence-electron chi connectivity index (χ0n) is 18.5. The Balaban J connectivity index is 0. The molecule has 2 N–H and O–H groups in total. The average Bonchev–Trinajstić information content (AvgIpc) is 2.74. The van der Waals surface area contributed by atoms with E-state index in [-0.39, 0.29) is 13.2 Å². The Bertz CT molecular complexity index is 234. The smallest absolute Gasteiger partial charge is 0.0701 e. The lowest BCUT2D eigenvalue weighted by atomic mass is 10.4. The van der Waals surface area contributed by atoms with Gasteiger partial charge in [-0.25, -0.2) is 0 Å². The molecule has 0 rings (SSSR count). The van der Waals surface area contributed by atoms with E-state index in [1.807, 2.05) is 6.92 Å². The molecule has 0 saturated heterocycles. The second kappa shape index (κ2) is 32.3. The van der Waals surface area contributed by atoms with Gasteiger partial charge in [0.1, 0.15) is 0 Å². The van der Waals surface area contributed by atoms with Gasteiger partial charge in [-0.15, -0.1) is 0 Å². The minimum atomic E-state index is 0.0561. The summed E-state index contributed by atoms with van der Waals surface area (Å²) < 4.78 is 36.1. The van der Waals surface area contributed by atoms with Gasteiger partial charge in [0.2, 0.25) is 0 Å². The SMILES string of the molecule is CCCCOCCOCCOCCO.CCOCCOCCOCCOCCO. The van der Waals surface area contributed by atoms with Crippen molar-refractivity contribution >= 4 is 0 Å². The fourth-order valence-electron chi connectivity index (χ4n) is 1.72. The van der Waals surface area contributed by atoms with Crippen molar-refractivity contribution in [2.24, 2.45) is 0 Å². The van der Waals surface area contributed by atoms with E-state index in [1.165, 1.54) is 0 Å². The maximum Gasteiger partial charge on any atom is 0.0701 e. The molecule has 0 atom stereocenters. The molecule has 0 amide bonds. The maximum absolute atomic E-state index is 8.41. The summed E-state index contributed by atoms with van der Waals surface area (Å²) in [6, 6.07) is 0. The molecule has 0 aliphatic heterocycles. The molecule has 9 nitrogen and oxygen atoms in total. The van der Waals surface area contributed by atoms with Gasteiger partial charge in [-0.1, -0.05) is 13.3 Å². The first-order chi connectivity index (χ1) is 14.3. The minimum absolute atomic E-state index is 0.0561. The largest absolute Gasteiger partial charge is 0.394 e. The van der Waals surface area contributed by atoms with Crippen molar-refractivity contribution in [3.8, 4) is 0 Å². The summed E-state index contributed by atoms with van der Waals surface area (Å²) in [6.45, 7) is 12.3. The first kappa shape index (κ1) is 30.8. The summed E-state index contributed by atoms with van der Waals surface area (Å²) >= 11 is 0. The molecule has 0 aromatic carbocycles. The Kier molecular flexibility index (Phi) is 34.3. The fraction of sp³-hybridized carbons (Fsp3) is 1.00. The predicted molar refractivity (Wildman–Crippen MR) is 110 cm³/mol. The molecule has 9 heteroatoms. The van der Waals surface area contributed by atoms with Crippen LogP contribution in [0.5, 0.6) is 0 Å². The monoisotopic (exact) mass is 428 g/mol. The highest BCUT2D eigenvalue weighted by molar-refractivity contribution is 4.35. The fourth-order valence-corrected chi connectivity index (χ4v) is 1.72. The molecular formula is C20H44O9. The number of ether oxygens (including phenoxy) is 7. The van der Waals surface area contributed by atoms with Gasteiger partial charge in [-0.2, -0.15) is 0 Å². The van der Waals surface area contributed by atoms with E-state index in [4.69, 9.17) is 43.4 Å². The molecular weight excluding hydrogens is 384 g/mol. The van der Waals surface area contributed by atoms with Crippen molar-refractivity contribution < 1.29 is 43.4 Å². The summed E-state index contributed by atoms with van der Waals surface area (Å²) in [5.74, 6) is 0. The van der Waals surface area contributed by atoms with Crippen LogP contribution in [0.15, 0.2) is 0 Å². The summed E-state index contributed by atoms with van der Waals surface area (Å²) in [6.07, 6.45) is 2.27. The van der Waals surface area contributed by atoms with E-state index in [0.717, 1.165) is 26.1 Å². The molecule has 0 aromatic heterocycles. The second-order valence-electron chi connectivity index (χ2n) is 5.67. The van der Waals surface area contributed by atoms with Crippen LogP contribution in [0.1, 0.15) is 26.7 Å².